The zero-order valence-corrected chi connectivity index (χ0v) is 13.1. The summed E-state index contributed by atoms with van der Waals surface area (Å²) < 4.78 is 1.43. The second-order valence-electron chi connectivity index (χ2n) is 6.62. The predicted molar refractivity (Wildman–Crippen MR) is 85.5 cm³/mol. The second-order valence-corrected chi connectivity index (χ2v) is 6.62. The molecule has 0 aliphatic rings. The van der Waals surface area contributed by atoms with Gasteiger partial charge in [0.05, 0.1) is 6.04 Å². The Balaban J connectivity index is 1.88. The molecule has 0 aliphatic carbocycles. The van der Waals surface area contributed by atoms with Crippen LogP contribution in [0, 0.1) is 5.41 Å². The van der Waals surface area contributed by atoms with E-state index in [4.69, 9.17) is 0 Å². The number of benzene rings is 1. The first-order chi connectivity index (χ1) is 10.5. The Labute approximate surface area is 129 Å². The molecule has 0 spiro atoms. The number of tetrazole rings is 1. The highest BCUT2D eigenvalue weighted by molar-refractivity contribution is 5.44. The van der Waals surface area contributed by atoms with Crippen LogP contribution in [0.1, 0.15) is 38.8 Å². The Morgan fingerprint density at radius 2 is 1.86 bits per heavy atom. The third-order valence-corrected chi connectivity index (χ3v) is 3.41. The van der Waals surface area contributed by atoms with Crippen molar-refractivity contribution >= 4 is 11.5 Å². The largest absolute Gasteiger partial charge is 0.362 e. The number of fused-ring (bicyclic) bond motifs is 1. The molecule has 0 bridgehead atoms. The molecule has 2 aromatic heterocycles. The number of nitrogens with one attached hydrogen (secondary N) is 1. The zero-order valence-electron chi connectivity index (χ0n) is 13.1. The van der Waals surface area contributed by atoms with Crippen molar-refractivity contribution in [3.8, 4) is 0 Å². The van der Waals surface area contributed by atoms with Crippen LogP contribution >= 0.6 is 0 Å². The summed E-state index contributed by atoms with van der Waals surface area (Å²) in [6.07, 6.45) is 0.992. The SMILES string of the molecule is CC(C)(C)CC(Nc1ccc2nnnn2n1)c1ccccc1. The van der Waals surface area contributed by atoms with Crippen molar-refractivity contribution in [2.45, 2.75) is 33.2 Å². The molecule has 0 aliphatic heterocycles. The lowest BCUT2D eigenvalue weighted by Gasteiger charge is -2.27. The van der Waals surface area contributed by atoms with Crippen molar-refractivity contribution < 1.29 is 0 Å². The Hall–Kier alpha value is -2.50. The minimum atomic E-state index is 0.183. The van der Waals surface area contributed by atoms with E-state index in [1.165, 1.54) is 10.2 Å². The smallest absolute Gasteiger partial charge is 0.200 e. The molecule has 0 amide bonds. The fraction of sp³-hybridized carbons (Fsp3) is 0.375. The quantitative estimate of drug-likeness (QED) is 0.801. The van der Waals surface area contributed by atoms with E-state index in [0.29, 0.717) is 5.65 Å². The van der Waals surface area contributed by atoms with Gasteiger partial charge in [-0.1, -0.05) is 51.1 Å². The van der Waals surface area contributed by atoms with Gasteiger partial charge in [0.25, 0.3) is 0 Å². The van der Waals surface area contributed by atoms with E-state index in [1.54, 1.807) is 0 Å². The molecule has 22 heavy (non-hydrogen) atoms. The van der Waals surface area contributed by atoms with E-state index in [2.05, 4.69) is 71.0 Å². The Morgan fingerprint density at radius 1 is 1.09 bits per heavy atom. The first kappa shape index (κ1) is 14.4. The Bertz CT molecular complexity index is 744. The van der Waals surface area contributed by atoms with Gasteiger partial charge in [0.1, 0.15) is 5.82 Å². The molecule has 0 saturated carbocycles. The van der Waals surface area contributed by atoms with Gasteiger partial charge in [-0.3, -0.25) is 0 Å². The molecule has 1 atom stereocenters. The standard InChI is InChI=1S/C16H20N6/c1-16(2,3)11-13(12-7-5-4-6-8-12)17-14-9-10-15-18-20-21-22(15)19-14/h4-10,13H,11H2,1-3H3,(H,17,19). The maximum atomic E-state index is 4.40. The van der Waals surface area contributed by atoms with Crippen LogP contribution in [0.25, 0.3) is 5.65 Å². The normalized spacial score (nSPS) is 13.2. The number of nitrogens with zero attached hydrogens (tertiary/aromatic N) is 5. The fourth-order valence-corrected chi connectivity index (χ4v) is 2.46. The van der Waals surface area contributed by atoms with Gasteiger partial charge in [-0.05, 0) is 40.0 Å². The van der Waals surface area contributed by atoms with Crippen molar-refractivity contribution in [3.63, 3.8) is 0 Å². The van der Waals surface area contributed by atoms with Gasteiger partial charge in [0, 0.05) is 0 Å². The fourth-order valence-electron chi connectivity index (χ4n) is 2.46. The van der Waals surface area contributed by atoms with Crippen molar-refractivity contribution in [1.29, 1.82) is 0 Å². The molecule has 6 heteroatoms. The van der Waals surface area contributed by atoms with Crippen molar-refractivity contribution in [2.24, 2.45) is 5.41 Å². The first-order valence-corrected chi connectivity index (χ1v) is 7.38. The Morgan fingerprint density at radius 3 is 2.59 bits per heavy atom. The number of aromatic nitrogens is 5. The van der Waals surface area contributed by atoms with Crippen LogP contribution < -0.4 is 5.32 Å². The molecule has 1 aromatic carbocycles. The van der Waals surface area contributed by atoms with Gasteiger partial charge in [-0.15, -0.1) is 14.8 Å². The molecule has 0 saturated heterocycles. The number of rotatable bonds is 4. The van der Waals surface area contributed by atoms with Crippen LogP contribution in [0.3, 0.4) is 0 Å². The summed E-state index contributed by atoms with van der Waals surface area (Å²) in [6.45, 7) is 6.72. The highest BCUT2D eigenvalue weighted by Gasteiger charge is 2.20. The summed E-state index contributed by atoms with van der Waals surface area (Å²) in [5, 5.41) is 19.2. The molecule has 3 rings (SSSR count). The molecule has 114 valence electrons. The molecule has 3 aromatic rings. The molecule has 2 heterocycles. The monoisotopic (exact) mass is 296 g/mol. The van der Waals surface area contributed by atoms with Gasteiger partial charge >= 0.3 is 0 Å². The number of anilines is 1. The van der Waals surface area contributed by atoms with Gasteiger partial charge < -0.3 is 5.32 Å². The van der Waals surface area contributed by atoms with E-state index >= 15 is 0 Å². The van der Waals surface area contributed by atoms with Crippen molar-refractivity contribution in [2.75, 3.05) is 5.32 Å². The summed E-state index contributed by atoms with van der Waals surface area (Å²) in [5.74, 6) is 0.762. The first-order valence-electron chi connectivity index (χ1n) is 7.38. The summed E-state index contributed by atoms with van der Waals surface area (Å²) in [6, 6.07) is 14.4. The number of hydrogen-bond acceptors (Lipinski definition) is 5. The molecule has 0 fully saturated rings. The van der Waals surface area contributed by atoms with Crippen LogP contribution in [0.4, 0.5) is 5.82 Å². The third kappa shape index (κ3) is 3.39. The van der Waals surface area contributed by atoms with Gasteiger partial charge in [0.15, 0.2) is 5.65 Å². The van der Waals surface area contributed by atoms with Gasteiger partial charge in [-0.25, -0.2) is 0 Å². The summed E-state index contributed by atoms with van der Waals surface area (Å²) >= 11 is 0. The zero-order chi connectivity index (χ0) is 15.6. The summed E-state index contributed by atoms with van der Waals surface area (Å²) in [7, 11) is 0. The second kappa shape index (κ2) is 5.71. The maximum absolute atomic E-state index is 4.40. The molecule has 0 radical (unpaired) electrons. The lowest BCUT2D eigenvalue weighted by molar-refractivity contribution is 0.352. The van der Waals surface area contributed by atoms with E-state index in [0.717, 1.165) is 12.2 Å². The Kier molecular flexibility index (Phi) is 3.75. The van der Waals surface area contributed by atoms with E-state index in [9.17, 15) is 0 Å². The summed E-state index contributed by atoms with van der Waals surface area (Å²) in [5.41, 5.74) is 2.08. The lowest BCUT2D eigenvalue weighted by Crippen LogP contribution is -2.19. The predicted octanol–water partition coefficient (Wildman–Crippen LogP) is 3.11. The van der Waals surface area contributed by atoms with E-state index in [1.807, 2.05) is 18.2 Å². The molecular formula is C16H20N6. The highest BCUT2D eigenvalue weighted by Crippen LogP contribution is 2.31. The molecule has 6 nitrogen and oxygen atoms in total. The van der Waals surface area contributed by atoms with Crippen LogP contribution in [0.5, 0.6) is 0 Å². The minimum absolute atomic E-state index is 0.183. The van der Waals surface area contributed by atoms with Gasteiger partial charge in [-0.2, -0.15) is 0 Å². The summed E-state index contributed by atoms with van der Waals surface area (Å²) in [4.78, 5) is 0. The molecule has 1 N–H and O–H groups in total. The lowest BCUT2D eigenvalue weighted by atomic mass is 9.85. The average molecular weight is 296 g/mol. The topological polar surface area (TPSA) is 68.0 Å². The van der Waals surface area contributed by atoms with Crippen molar-refractivity contribution in [1.82, 2.24) is 25.3 Å². The third-order valence-electron chi connectivity index (χ3n) is 3.41. The van der Waals surface area contributed by atoms with E-state index in [-0.39, 0.29) is 11.5 Å². The molecular weight excluding hydrogens is 276 g/mol. The van der Waals surface area contributed by atoms with Gasteiger partial charge in [0.2, 0.25) is 0 Å². The maximum Gasteiger partial charge on any atom is 0.200 e. The van der Waals surface area contributed by atoms with Crippen LogP contribution in [0.2, 0.25) is 0 Å². The van der Waals surface area contributed by atoms with Crippen molar-refractivity contribution in [3.05, 3.63) is 48.0 Å². The number of hydrogen-bond donors (Lipinski definition) is 1. The van der Waals surface area contributed by atoms with Crippen LogP contribution in [0.15, 0.2) is 42.5 Å². The molecule has 1 unspecified atom stereocenters. The van der Waals surface area contributed by atoms with E-state index < -0.39 is 0 Å². The average Bonchev–Trinajstić information content (AvgIpc) is 2.94. The highest BCUT2D eigenvalue weighted by atomic mass is 15.6. The van der Waals surface area contributed by atoms with Crippen LogP contribution in [-0.4, -0.2) is 25.3 Å². The minimum Gasteiger partial charge on any atom is -0.362 e. The van der Waals surface area contributed by atoms with Crippen LogP contribution in [-0.2, 0) is 0 Å².